The summed E-state index contributed by atoms with van der Waals surface area (Å²) in [4.78, 5) is 17.9. The minimum Gasteiger partial charge on any atom is -0.450 e. The second kappa shape index (κ2) is 10.7. The highest BCUT2D eigenvalue weighted by atomic mass is 127. The number of rotatable bonds is 4. The molecule has 1 amide bonds. The van der Waals surface area contributed by atoms with Crippen molar-refractivity contribution in [1.82, 2.24) is 25.0 Å². The van der Waals surface area contributed by atoms with Crippen LogP contribution in [-0.4, -0.2) is 57.5 Å². The Kier molecular flexibility index (Phi) is 8.58. The van der Waals surface area contributed by atoms with Gasteiger partial charge in [-0.1, -0.05) is 6.42 Å². The van der Waals surface area contributed by atoms with Crippen LogP contribution in [0.5, 0.6) is 0 Å². The molecule has 1 fully saturated rings. The summed E-state index contributed by atoms with van der Waals surface area (Å²) in [5.41, 5.74) is 6.05. The van der Waals surface area contributed by atoms with Crippen molar-refractivity contribution in [2.75, 3.05) is 19.7 Å². The lowest BCUT2D eigenvalue weighted by molar-refractivity contribution is 0.0963. The van der Waals surface area contributed by atoms with E-state index in [0.717, 1.165) is 43.9 Å². The summed E-state index contributed by atoms with van der Waals surface area (Å²) in [7, 11) is 0. The Bertz CT molecular complexity index is 641. The van der Waals surface area contributed by atoms with Crippen LogP contribution in [0.15, 0.2) is 4.99 Å². The lowest BCUT2D eigenvalue weighted by atomic mass is 10.1. The molecule has 27 heavy (non-hydrogen) atoms. The van der Waals surface area contributed by atoms with E-state index in [1.54, 1.807) is 4.90 Å². The molecule has 9 nitrogen and oxygen atoms in total. The zero-order valence-electron chi connectivity index (χ0n) is 15.9. The van der Waals surface area contributed by atoms with Crippen molar-refractivity contribution in [2.45, 2.75) is 64.6 Å². The third-order valence-corrected chi connectivity index (χ3v) is 4.95. The standard InChI is InChI=1S/C17H29N7O2.HI/c1-2-26-17(25)23-10-7-13(8-11-23)20-16(18)19-12-15-22-21-14-6-4-3-5-9-24(14)15;/h13H,2-12H2,1H3,(H3,18,19,20);1H. The Hall–Kier alpha value is -1.59. The summed E-state index contributed by atoms with van der Waals surface area (Å²) in [5.74, 6) is 2.36. The van der Waals surface area contributed by atoms with E-state index < -0.39 is 0 Å². The molecule has 0 aliphatic carbocycles. The van der Waals surface area contributed by atoms with E-state index in [9.17, 15) is 4.79 Å². The Morgan fingerprint density at radius 1 is 1.26 bits per heavy atom. The van der Waals surface area contributed by atoms with Crippen LogP contribution in [0, 0.1) is 0 Å². The van der Waals surface area contributed by atoms with Gasteiger partial charge < -0.3 is 25.3 Å². The molecule has 10 heteroatoms. The maximum Gasteiger partial charge on any atom is 0.409 e. The average Bonchev–Trinajstić information content (AvgIpc) is 2.87. The Balaban J connectivity index is 0.00000261. The Morgan fingerprint density at radius 2 is 2.04 bits per heavy atom. The van der Waals surface area contributed by atoms with Gasteiger partial charge in [0.15, 0.2) is 11.8 Å². The number of hydrogen-bond acceptors (Lipinski definition) is 5. The molecule has 0 saturated carbocycles. The van der Waals surface area contributed by atoms with Gasteiger partial charge >= 0.3 is 6.09 Å². The zero-order valence-corrected chi connectivity index (χ0v) is 18.2. The van der Waals surface area contributed by atoms with Crippen molar-refractivity contribution in [2.24, 2.45) is 10.7 Å². The molecule has 152 valence electrons. The molecule has 0 unspecified atom stereocenters. The van der Waals surface area contributed by atoms with E-state index in [1.165, 1.54) is 12.8 Å². The predicted octanol–water partition coefficient (Wildman–Crippen LogP) is 1.65. The summed E-state index contributed by atoms with van der Waals surface area (Å²) >= 11 is 0. The fourth-order valence-corrected chi connectivity index (χ4v) is 3.49. The molecule has 1 aromatic heterocycles. The Labute approximate surface area is 177 Å². The SMILES string of the molecule is CCOC(=O)N1CCC(NC(N)=NCc2nnc3n2CCCCC3)CC1.I. The number of fused-ring (bicyclic) bond motifs is 1. The van der Waals surface area contributed by atoms with Crippen molar-refractivity contribution in [3.63, 3.8) is 0 Å². The summed E-state index contributed by atoms with van der Waals surface area (Å²) in [6.07, 6.45) is 5.98. The first-order valence-electron chi connectivity index (χ1n) is 9.56. The van der Waals surface area contributed by atoms with Crippen LogP contribution in [0.3, 0.4) is 0 Å². The molecule has 0 bridgehead atoms. The number of likely N-dealkylation sites (tertiary alicyclic amines) is 1. The molecule has 0 atom stereocenters. The largest absolute Gasteiger partial charge is 0.450 e. The van der Waals surface area contributed by atoms with E-state index >= 15 is 0 Å². The van der Waals surface area contributed by atoms with Gasteiger partial charge in [-0.2, -0.15) is 0 Å². The van der Waals surface area contributed by atoms with Gasteiger partial charge in [-0.25, -0.2) is 9.79 Å². The maximum absolute atomic E-state index is 11.7. The molecule has 1 saturated heterocycles. The monoisotopic (exact) mass is 491 g/mol. The first-order valence-corrected chi connectivity index (χ1v) is 9.56. The minimum absolute atomic E-state index is 0. The molecular weight excluding hydrogens is 461 g/mol. The van der Waals surface area contributed by atoms with Crippen LogP contribution in [0.4, 0.5) is 4.79 Å². The Morgan fingerprint density at radius 3 is 2.78 bits per heavy atom. The third kappa shape index (κ3) is 5.94. The van der Waals surface area contributed by atoms with Gasteiger partial charge in [-0.05, 0) is 32.6 Å². The lowest BCUT2D eigenvalue weighted by Crippen LogP contribution is -2.48. The first kappa shape index (κ1) is 21.7. The van der Waals surface area contributed by atoms with Gasteiger partial charge in [0.05, 0.1) is 6.61 Å². The highest BCUT2D eigenvalue weighted by molar-refractivity contribution is 14.0. The van der Waals surface area contributed by atoms with Crippen LogP contribution in [-0.2, 0) is 24.2 Å². The molecule has 3 heterocycles. The number of piperidine rings is 1. The van der Waals surface area contributed by atoms with E-state index in [2.05, 4.69) is 25.1 Å². The fourth-order valence-electron chi connectivity index (χ4n) is 3.49. The maximum atomic E-state index is 11.7. The van der Waals surface area contributed by atoms with Gasteiger partial charge in [0.25, 0.3) is 0 Å². The number of aromatic nitrogens is 3. The molecule has 3 N–H and O–H groups in total. The number of carbonyl (C=O) groups is 1. The first-order chi connectivity index (χ1) is 12.7. The van der Waals surface area contributed by atoms with Crippen LogP contribution < -0.4 is 11.1 Å². The zero-order chi connectivity index (χ0) is 18.4. The van der Waals surface area contributed by atoms with Crippen LogP contribution >= 0.6 is 24.0 Å². The number of nitrogens with one attached hydrogen (secondary N) is 1. The van der Waals surface area contributed by atoms with Crippen molar-refractivity contribution in [3.8, 4) is 0 Å². The van der Waals surface area contributed by atoms with E-state index in [1.807, 2.05) is 6.92 Å². The molecule has 3 rings (SSSR count). The van der Waals surface area contributed by atoms with Gasteiger partial charge in [-0.15, -0.1) is 34.2 Å². The molecule has 2 aliphatic rings. The topological polar surface area (TPSA) is 111 Å². The molecule has 0 spiro atoms. The molecular formula is C17H30IN7O2. The summed E-state index contributed by atoms with van der Waals surface area (Å²) in [5, 5.41) is 11.8. The molecule has 1 aromatic rings. The number of amides is 1. The van der Waals surface area contributed by atoms with Crippen molar-refractivity contribution in [3.05, 3.63) is 11.6 Å². The summed E-state index contributed by atoms with van der Waals surface area (Å²) in [6, 6.07) is 0.222. The van der Waals surface area contributed by atoms with Crippen molar-refractivity contribution in [1.29, 1.82) is 0 Å². The number of hydrogen-bond donors (Lipinski definition) is 2. The fraction of sp³-hybridized carbons (Fsp3) is 0.765. The van der Waals surface area contributed by atoms with E-state index in [0.29, 0.717) is 32.2 Å². The molecule has 2 aliphatic heterocycles. The lowest BCUT2D eigenvalue weighted by Gasteiger charge is -2.31. The quantitative estimate of drug-likeness (QED) is 0.377. The number of aryl methyl sites for hydroxylation is 1. The van der Waals surface area contributed by atoms with Crippen LogP contribution in [0.25, 0.3) is 0 Å². The molecule has 0 radical (unpaired) electrons. The third-order valence-electron chi connectivity index (χ3n) is 4.95. The second-order valence-electron chi connectivity index (χ2n) is 6.80. The number of ether oxygens (including phenoxy) is 1. The number of guanidine groups is 1. The van der Waals surface area contributed by atoms with E-state index in [-0.39, 0.29) is 36.1 Å². The van der Waals surface area contributed by atoms with Gasteiger partial charge in [-0.3, -0.25) is 0 Å². The average molecular weight is 491 g/mol. The van der Waals surface area contributed by atoms with Crippen LogP contribution in [0.1, 0.15) is 50.7 Å². The number of nitrogens with two attached hydrogens (primary N) is 1. The number of nitrogens with zero attached hydrogens (tertiary/aromatic N) is 5. The van der Waals surface area contributed by atoms with Gasteiger partial charge in [0.1, 0.15) is 12.4 Å². The number of carbonyl (C=O) groups excluding carboxylic acids is 1. The highest BCUT2D eigenvalue weighted by Gasteiger charge is 2.23. The van der Waals surface area contributed by atoms with Crippen molar-refractivity contribution >= 4 is 36.0 Å². The van der Waals surface area contributed by atoms with Gasteiger partial charge in [0, 0.05) is 32.1 Å². The van der Waals surface area contributed by atoms with E-state index in [4.69, 9.17) is 10.5 Å². The predicted molar refractivity (Wildman–Crippen MR) is 113 cm³/mol. The highest BCUT2D eigenvalue weighted by Crippen LogP contribution is 2.15. The minimum atomic E-state index is -0.236. The number of aliphatic imine (C=N–C) groups is 1. The molecule has 0 aromatic carbocycles. The normalized spacial score (nSPS) is 18.3. The number of halogens is 1. The van der Waals surface area contributed by atoms with Crippen LogP contribution in [0.2, 0.25) is 0 Å². The summed E-state index contributed by atoms with van der Waals surface area (Å²) in [6.45, 7) is 4.96. The van der Waals surface area contributed by atoms with Crippen molar-refractivity contribution < 1.29 is 9.53 Å². The smallest absolute Gasteiger partial charge is 0.409 e. The van der Waals surface area contributed by atoms with Gasteiger partial charge in [0.2, 0.25) is 0 Å². The second-order valence-corrected chi connectivity index (χ2v) is 6.80. The summed E-state index contributed by atoms with van der Waals surface area (Å²) < 4.78 is 7.22.